The predicted molar refractivity (Wildman–Crippen MR) is 64.3 cm³/mol. The number of hydrogen-bond donors (Lipinski definition) is 0. The largest absolute Gasteiger partial charge is 0.379 e. The number of hydrogen-bond acceptors (Lipinski definition) is 4. The van der Waals surface area contributed by atoms with Crippen LogP contribution in [-0.2, 0) is 19.0 Å². The second-order valence-electron chi connectivity index (χ2n) is 5.57. The Hall–Kier alpha value is -0.650. The van der Waals surface area contributed by atoms with Crippen LogP contribution in [0, 0.1) is 0 Å². The van der Waals surface area contributed by atoms with Crippen molar-refractivity contribution in [2.75, 3.05) is 33.4 Å². The van der Waals surface area contributed by atoms with Crippen molar-refractivity contribution in [1.29, 1.82) is 0 Å². The maximum Gasteiger partial charge on any atom is 0.251 e. The lowest BCUT2D eigenvalue weighted by Crippen LogP contribution is -2.40. The molecule has 102 valence electrons. The minimum Gasteiger partial charge on any atom is -0.379 e. The Morgan fingerprint density at radius 1 is 1.50 bits per heavy atom. The van der Waals surface area contributed by atoms with Gasteiger partial charge in [-0.1, -0.05) is 0 Å². The average Bonchev–Trinajstić information content (AvgIpc) is 3.10. The van der Waals surface area contributed by atoms with Crippen LogP contribution in [0.5, 0.6) is 0 Å². The highest BCUT2D eigenvalue weighted by Crippen LogP contribution is 2.36. The Balaban J connectivity index is 1.59. The highest BCUT2D eigenvalue weighted by Gasteiger charge is 2.47. The van der Waals surface area contributed by atoms with Gasteiger partial charge in [-0.25, -0.2) is 0 Å². The lowest BCUT2D eigenvalue weighted by atomic mass is 9.98. The van der Waals surface area contributed by atoms with Gasteiger partial charge in [0.1, 0.15) is 6.10 Å². The smallest absolute Gasteiger partial charge is 0.251 e. The van der Waals surface area contributed by atoms with Gasteiger partial charge in [0, 0.05) is 33.2 Å². The Morgan fingerprint density at radius 2 is 2.39 bits per heavy atom. The minimum absolute atomic E-state index is 0.147. The van der Waals surface area contributed by atoms with Gasteiger partial charge in [0.25, 0.3) is 5.91 Å². The first-order valence-electron chi connectivity index (χ1n) is 6.80. The number of carbonyl (C=O) groups is 1. The first-order chi connectivity index (χ1) is 8.72. The molecular weight excluding hydrogens is 234 g/mol. The molecule has 3 heterocycles. The molecule has 3 aliphatic heterocycles. The second kappa shape index (κ2) is 4.79. The van der Waals surface area contributed by atoms with Gasteiger partial charge in [0.05, 0.1) is 18.3 Å². The summed E-state index contributed by atoms with van der Waals surface area (Å²) in [6.45, 7) is 2.86. The molecule has 0 bridgehead atoms. The number of rotatable bonds is 2. The molecule has 3 fully saturated rings. The zero-order valence-electron chi connectivity index (χ0n) is 10.9. The fourth-order valence-electron chi connectivity index (χ4n) is 3.25. The van der Waals surface area contributed by atoms with Crippen LogP contribution in [-0.4, -0.2) is 62.0 Å². The SMILES string of the molecule is CO[C@@H]1CO[C@]2(CCN(C(=O)[C@H]3CCCO3)C2)C1. The lowest BCUT2D eigenvalue weighted by Gasteiger charge is -2.24. The van der Waals surface area contributed by atoms with Crippen LogP contribution in [0.4, 0.5) is 0 Å². The molecule has 0 radical (unpaired) electrons. The van der Waals surface area contributed by atoms with Crippen molar-refractivity contribution in [3.8, 4) is 0 Å². The van der Waals surface area contributed by atoms with E-state index in [1.54, 1.807) is 7.11 Å². The van der Waals surface area contributed by atoms with E-state index in [1.165, 1.54) is 0 Å². The van der Waals surface area contributed by atoms with E-state index in [4.69, 9.17) is 14.2 Å². The summed E-state index contributed by atoms with van der Waals surface area (Å²) >= 11 is 0. The van der Waals surface area contributed by atoms with Crippen LogP contribution in [0.25, 0.3) is 0 Å². The number of nitrogens with zero attached hydrogens (tertiary/aromatic N) is 1. The summed E-state index contributed by atoms with van der Waals surface area (Å²) in [7, 11) is 1.72. The van der Waals surface area contributed by atoms with Crippen LogP contribution in [0.1, 0.15) is 25.7 Å². The van der Waals surface area contributed by atoms with E-state index in [1.807, 2.05) is 4.90 Å². The monoisotopic (exact) mass is 255 g/mol. The molecule has 0 aromatic carbocycles. The number of carbonyl (C=O) groups excluding carboxylic acids is 1. The standard InChI is InChI=1S/C13H21NO4/c1-16-10-7-13(18-8-10)4-5-14(9-13)12(15)11-3-2-6-17-11/h10-11H,2-9H2,1H3/t10-,11+,13+/m0/s1. The molecule has 5 nitrogen and oxygen atoms in total. The van der Waals surface area contributed by atoms with E-state index in [0.29, 0.717) is 13.2 Å². The third kappa shape index (κ3) is 2.15. The highest BCUT2D eigenvalue weighted by atomic mass is 16.6. The fraction of sp³-hybridized carbons (Fsp3) is 0.923. The number of amides is 1. The van der Waals surface area contributed by atoms with Gasteiger partial charge >= 0.3 is 0 Å². The van der Waals surface area contributed by atoms with Gasteiger partial charge in [-0.2, -0.15) is 0 Å². The summed E-state index contributed by atoms with van der Waals surface area (Å²) < 4.78 is 16.7. The maximum atomic E-state index is 12.3. The minimum atomic E-state index is -0.209. The number of ether oxygens (including phenoxy) is 3. The van der Waals surface area contributed by atoms with Gasteiger partial charge in [-0.15, -0.1) is 0 Å². The normalized spacial score (nSPS) is 39.9. The van der Waals surface area contributed by atoms with E-state index >= 15 is 0 Å². The highest BCUT2D eigenvalue weighted by molar-refractivity contribution is 5.81. The van der Waals surface area contributed by atoms with Crippen molar-refractivity contribution in [2.45, 2.75) is 43.5 Å². The Labute approximate surface area is 107 Å². The molecule has 1 amide bonds. The molecule has 0 aromatic heterocycles. The van der Waals surface area contributed by atoms with E-state index in [-0.39, 0.29) is 23.7 Å². The van der Waals surface area contributed by atoms with Gasteiger partial charge in [0.15, 0.2) is 0 Å². The summed E-state index contributed by atoms with van der Waals surface area (Å²) in [6, 6.07) is 0. The van der Waals surface area contributed by atoms with Crippen molar-refractivity contribution in [3.63, 3.8) is 0 Å². The van der Waals surface area contributed by atoms with Crippen LogP contribution >= 0.6 is 0 Å². The molecule has 0 N–H and O–H groups in total. The first kappa shape index (κ1) is 12.4. The van der Waals surface area contributed by atoms with E-state index < -0.39 is 0 Å². The number of methoxy groups -OCH3 is 1. The molecule has 3 saturated heterocycles. The third-order valence-electron chi connectivity index (χ3n) is 4.34. The average molecular weight is 255 g/mol. The van der Waals surface area contributed by atoms with Crippen LogP contribution < -0.4 is 0 Å². The van der Waals surface area contributed by atoms with Gasteiger partial charge in [-0.3, -0.25) is 4.79 Å². The first-order valence-corrected chi connectivity index (χ1v) is 6.80. The Morgan fingerprint density at radius 3 is 3.06 bits per heavy atom. The maximum absolute atomic E-state index is 12.3. The number of likely N-dealkylation sites (tertiary alicyclic amines) is 1. The molecule has 18 heavy (non-hydrogen) atoms. The second-order valence-corrected chi connectivity index (χ2v) is 5.57. The Bertz CT molecular complexity index is 329. The van der Waals surface area contributed by atoms with E-state index in [9.17, 15) is 4.79 Å². The molecule has 3 rings (SSSR count). The molecular formula is C13H21NO4. The summed E-state index contributed by atoms with van der Waals surface area (Å²) in [5.41, 5.74) is -0.158. The summed E-state index contributed by atoms with van der Waals surface area (Å²) in [6.07, 6.45) is 3.66. The van der Waals surface area contributed by atoms with Crippen molar-refractivity contribution in [2.24, 2.45) is 0 Å². The molecule has 0 aliphatic carbocycles. The van der Waals surface area contributed by atoms with Crippen LogP contribution in [0.3, 0.4) is 0 Å². The van der Waals surface area contributed by atoms with Crippen molar-refractivity contribution in [3.05, 3.63) is 0 Å². The zero-order valence-corrected chi connectivity index (χ0v) is 10.9. The van der Waals surface area contributed by atoms with Gasteiger partial charge < -0.3 is 19.1 Å². The lowest BCUT2D eigenvalue weighted by molar-refractivity contribution is -0.140. The fourth-order valence-corrected chi connectivity index (χ4v) is 3.25. The molecule has 0 aromatic rings. The van der Waals surface area contributed by atoms with Crippen molar-refractivity contribution >= 4 is 5.91 Å². The van der Waals surface area contributed by atoms with Crippen LogP contribution in [0.2, 0.25) is 0 Å². The summed E-state index contributed by atoms with van der Waals surface area (Å²) in [5, 5.41) is 0. The molecule has 3 atom stereocenters. The molecule has 0 saturated carbocycles. The predicted octanol–water partition coefficient (Wildman–Crippen LogP) is 0.572. The van der Waals surface area contributed by atoms with E-state index in [2.05, 4.69) is 0 Å². The molecule has 5 heteroatoms. The molecule has 3 aliphatic rings. The Kier molecular flexibility index (Phi) is 3.30. The molecule has 0 unspecified atom stereocenters. The van der Waals surface area contributed by atoms with Gasteiger partial charge in [-0.05, 0) is 19.3 Å². The topological polar surface area (TPSA) is 48.0 Å². The zero-order chi connectivity index (χ0) is 12.6. The van der Waals surface area contributed by atoms with E-state index in [0.717, 1.165) is 38.8 Å². The molecule has 1 spiro atoms. The van der Waals surface area contributed by atoms with Crippen LogP contribution in [0.15, 0.2) is 0 Å². The summed E-state index contributed by atoms with van der Waals surface area (Å²) in [5.74, 6) is 0.147. The van der Waals surface area contributed by atoms with Crippen molar-refractivity contribution in [1.82, 2.24) is 4.90 Å². The quantitative estimate of drug-likeness (QED) is 0.724. The van der Waals surface area contributed by atoms with Gasteiger partial charge in [0.2, 0.25) is 0 Å². The van der Waals surface area contributed by atoms with Crippen molar-refractivity contribution < 1.29 is 19.0 Å². The summed E-state index contributed by atoms with van der Waals surface area (Å²) in [4.78, 5) is 14.2. The third-order valence-corrected chi connectivity index (χ3v) is 4.34.